The van der Waals surface area contributed by atoms with Crippen LogP contribution >= 0.6 is 0 Å². The number of unbranched alkanes of at least 4 members (excludes halogenated alkanes) is 10. The van der Waals surface area contributed by atoms with Crippen molar-refractivity contribution in [2.75, 3.05) is 18.4 Å². The quantitative estimate of drug-likeness (QED) is 0.244. The molecule has 176 valence electrons. The van der Waals surface area contributed by atoms with E-state index < -0.39 is 0 Å². The van der Waals surface area contributed by atoms with E-state index >= 15 is 0 Å². The van der Waals surface area contributed by atoms with E-state index in [0.29, 0.717) is 17.7 Å². The lowest BCUT2D eigenvalue weighted by molar-refractivity contribution is -0.116. The summed E-state index contributed by atoms with van der Waals surface area (Å²) in [5.74, 6) is 0.0876. The van der Waals surface area contributed by atoms with Crippen molar-refractivity contribution in [3.8, 4) is 0 Å². The molecular formula is C27H46N2O2. The molecule has 0 saturated carbocycles. The monoisotopic (exact) mass is 430 g/mol. The number of amides is 2. The van der Waals surface area contributed by atoms with Crippen molar-refractivity contribution in [1.29, 1.82) is 0 Å². The van der Waals surface area contributed by atoms with E-state index in [-0.39, 0.29) is 11.8 Å². The van der Waals surface area contributed by atoms with Gasteiger partial charge in [-0.2, -0.15) is 0 Å². The fourth-order valence-corrected chi connectivity index (χ4v) is 3.94. The molecule has 1 N–H and O–H groups in total. The molecule has 0 aromatic heterocycles. The van der Waals surface area contributed by atoms with Crippen LogP contribution in [0.1, 0.15) is 121 Å². The highest BCUT2D eigenvalue weighted by Crippen LogP contribution is 2.15. The maximum Gasteiger partial charge on any atom is 0.253 e. The zero-order valence-electron chi connectivity index (χ0n) is 20.4. The maximum absolute atomic E-state index is 12.8. The van der Waals surface area contributed by atoms with Crippen molar-refractivity contribution in [2.24, 2.45) is 0 Å². The Labute approximate surface area is 191 Å². The van der Waals surface area contributed by atoms with Crippen LogP contribution in [0.25, 0.3) is 0 Å². The smallest absolute Gasteiger partial charge is 0.253 e. The van der Waals surface area contributed by atoms with E-state index in [0.717, 1.165) is 38.8 Å². The minimum absolute atomic E-state index is 0.0412. The van der Waals surface area contributed by atoms with Gasteiger partial charge in [-0.25, -0.2) is 0 Å². The third-order valence-corrected chi connectivity index (χ3v) is 5.67. The highest BCUT2D eigenvalue weighted by molar-refractivity contribution is 5.97. The van der Waals surface area contributed by atoms with Crippen LogP contribution in [-0.2, 0) is 4.79 Å². The SMILES string of the molecule is CCCCCCCCCCCCCC(=O)Nc1cccc(C(=O)N(CCC)CCC)c1. The van der Waals surface area contributed by atoms with Gasteiger partial charge >= 0.3 is 0 Å². The Balaban J connectivity index is 2.26. The molecule has 0 saturated heterocycles. The minimum Gasteiger partial charge on any atom is -0.339 e. The average Bonchev–Trinajstić information content (AvgIpc) is 2.77. The third kappa shape index (κ3) is 12.6. The number of carbonyl (C=O) groups is 2. The molecule has 0 aliphatic carbocycles. The van der Waals surface area contributed by atoms with E-state index in [2.05, 4.69) is 26.1 Å². The van der Waals surface area contributed by atoms with Crippen LogP contribution in [0, 0.1) is 0 Å². The van der Waals surface area contributed by atoms with E-state index in [4.69, 9.17) is 0 Å². The molecule has 0 unspecified atom stereocenters. The van der Waals surface area contributed by atoms with E-state index in [1.807, 2.05) is 23.1 Å². The van der Waals surface area contributed by atoms with Crippen LogP contribution in [0.3, 0.4) is 0 Å². The molecule has 0 aliphatic heterocycles. The van der Waals surface area contributed by atoms with Crippen LogP contribution < -0.4 is 5.32 Å². The lowest BCUT2D eigenvalue weighted by Gasteiger charge is -2.21. The summed E-state index contributed by atoms with van der Waals surface area (Å²) >= 11 is 0. The van der Waals surface area contributed by atoms with Gasteiger partial charge in [-0.05, 0) is 37.5 Å². The number of nitrogens with zero attached hydrogens (tertiary/aromatic N) is 1. The van der Waals surface area contributed by atoms with Gasteiger partial charge in [0.05, 0.1) is 0 Å². The van der Waals surface area contributed by atoms with Gasteiger partial charge in [-0.15, -0.1) is 0 Å². The second kappa shape index (κ2) is 17.8. The standard InChI is InChI=1S/C27H46N2O2/c1-4-7-8-9-10-11-12-13-14-15-16-20-26(30)28-25-19-17-18-24(23-25)27(31)29(21-5-2)22-6-3/h17-19,23H,4-16,20-22H2,1-3H3,(H,28,30). The van der Waals surface area contributed by atoms with Gasteiger partial charge in [0.2, 0.25) is 5.91 Å². The molecule has 1 rings (SSSR count). The zero-order chi connectivity index (χ0) is 22.7. The topological polar surface area (TPSA) is 49.4 Å². The van der Waals surface area contributed by atoms with Crippen molar-refractivity contribution < 1.29 is 9.59 Å². The zero-order valence-corrected chi connectivity index (χ0v) is 20.4. The number of rotatable bonds is 18. The van der Waals surface area contributed by atoms with E-state index in [1.54, 1.807) is 6.07 Å². The summed E-state index contributed by atoms with van der Waals surface area (Å²) in [6.45, 7) is 7.96. The number of benzene rings is 1. The molecule has 0 heterocycles. The highest BCUT2D eigenvalue weighted by Gasteiger charge is 2.15. The summed E-state index contributed by atoms with van der Waals surface area (Å²) in [7, 11) is 0. The Morgan fingerprint density at radius 3 is 1.84 bits per heavy atom. The molecule has 1 aromatic carbocycles. The molecule has 0 bridgehead atoms. The molecule has 0 fully saturated rings. The van der Waals surface area contributed by atoms with Crippen molar-refractivity contribution >= 4 is 17.5 Å². The first-order chi connectivity index (χ1) is 15.1. The summed E-state index contributed by atoms with van der Waals surface area (Å²) in [5, 5.41) is 2.97. The molecule has 4 heteroatoms. The van der Waals surface area contributed by atoms with Crippen molar-refractivity contribution in [3.63, 3.8) is 0 Å². The van der Waals surface area contributed by atoms with Crippen molar-refractivity contribution in [1.82, 2.24) is 4.90 Å². The first-order valence-electron chi connectivity index (χ1n) is 12.8. The Morgan fingerprint density at radius 2 is 1.29 bits per heavy atom. The Bertz CT molecular complexity index is 609. The molecule has 0 radical (unpaired) electrons. The first-order valence-corrected chi connectivity index (χ1v) is 12.8. The van der Waals surface area contributed by atoms with Gasteiger partial charge in [0.25, 0.3) is 5.91 Å². The average molecular weight is 431 g/mol. The molecule has 2 amide bonds. The summed E-state index contributed by atoms with van der Waals surface area (Å²) in [5.41, 5.74) is 1.36. The van der Waals surface area contributed by atoms with E-state index in [1.165, 1.54) is 57.8 Å². The molecule has 1 aromatic rings. The van der Waals surface area contributed by atoms with Crippen LogP contribution in [0.5, 0.6) is 0 Å². The Morgan fingerprint density at radius 1 is 0.742 bits per heavy atom. The van der Waals surface area contributed by atoms with E-state index in [9.17, 15) is 9.59 Å². The van der Waals surface area contributed by atoms with Gasteiger partial charge in [-0.3, -0.25) is 9.59 Å². The van der Waals surface area contributed by atoms with Crippen LogP contribution in [0.4, 0.5) is 5.69 Å². The predicted molar refractivity (Wildman–Crippen MR) is 133 cm³/mol. The number of hydrogen-bond donors (Lipinski definition) is 1. The summed E-state index contributed by atoms with van der Waals surface area (Å²) < 4.78 is 0. The summed E-state index contributed by atoms with van der Waals surface area (Å²) in [6, 6.07) is 7.35. The Hall–Kier alpha value is -1.84. The number of nitrogens with one attached hydrogen (secondary N) is 1. The van der Waals surface area contributed by atoms with Crippen LogP contribution in [-0.4, -0.2) is 29.8 Å². The molecule has 0 spiro atoms. The molecule has 0 atom stereocenters. The van der Waals surface area contributed by atoms with Gasteiger partial charge in [-0.1, -0.05) is 91.0 Å². The highest BCUT2D eigenvalue weighted by atomic mass is 16.2. The molecular weight excluding hydrogens is 384 g/mol. The molecule has 0 aliphatic rings. The lowest BCUT2D eigenvalue weighted by Crippen LogP contribution is -2.32. The largest absolute Gasteiger partial charge is 0.339 e. The summed E-state index contributed by atoms with van der Waals surface area (Å²) in [6.07, 6.45) is 16.5. The maximum atomic E-state index is 12.8. The first kappa shape index (κ1) is 27.2. The molecule has 31 heavy (non-hydrogen) atoms. The predicted octanol–water partition coefficient (Wildman–Crippen LogP) is 7.59. The fraction of sp³-hybridized carbons (Fsp3) is 0.704. The fourth-order valence-electron chi connectivity index (χ4n) is 3.94. The molecule has 4 nitrogen and oxygen atoms in total. The van der Waals surface area contributed by atoms with Crippen molar-refractivity contribution in [3.05, 3.63) is 29.8 Å². The van der Waals surface area contributed by atoms with Crippen molar-refractivity contribution in [2.45, 2.75) is 111 Å². The second-order valence-electron chi connectivity index (χ2n) is 8.71. The van der Waals surface area contributed by atoms with Gasteiger partial charge in [0, 0.05) is 30.8 Å². The Kier molecular flexibility index (Phi) is 15.6. The lowest BCUT2D eigenvalue weighted by atomic mass is 10.1. The van der Waals surface area contributed by atoms with Gasteiger partial charge in [0.15, 0.2) is 0 Å². The number of anilines is 1. The summed E-state index contributed by atoms with van der Waals surface area (Å²) in [4.78, 5) is 26.9. The third-order valence-electron chi connectivity index (χ3n) is 5.67. The van der Waals surface area contributed by atoms with Crippen LogP contribution in [0.15, 0.2) is 24.3 Å². The second-order valence-corrected chi connectivity index (χ2v) is 8.71. The van der Waals surface area contributed by atoms with Gasteiger partial charge < -0.3 is 10.2 Å². The normalized spacial score (nSPS) is 10.8. The minimum atomic E-state index is 0.0412. The van der Waals surface area contributed by atoms with Crippen LogP contribution in [0.2, 0.25) is 0 Å². The number of carbonyl (C=O) groups excluding carboxylic acids is 2. The number of hydrogen-bond acceptors (Lipinski definition) is 2. The van der Waals surface area contributed by atoms with Gasteiger partial charge in [0.1, 0.15) is 0 Å².